The molecule has 3 aliphatic carbocycles. The van der Waals surface area contributed by atoms with E-state index in [1.165, 1.54) is 18.2 Å². The van der Waals surface area contributed by atoms with Crippen LogP contribution in [0.1, 0.15) is 27.9 Å². The maximum absolute atomic E-state index is 13.8. The van der Waals surface area contributed by atoms with Gasteiger partial charge in [-0.2, -0.15) is 0 Å². The Balaban J connectivity index is 1.99. The quantitative estimate of drug-likeness (QED) is 0.206. The highest BCUT2D eigenvalue weighted by molar-refractivity contribution is 6.25. The van der Waals surface area contributed by atoms with Gasteiger partial charge in [-0.15, -0.1) is 0 Å². The molecule has 1 amide bonds. The fourth-order valence-electron chi connectivity index (χ4n) is 5.93. The highest BCUT2D eigenvalue weighted by Gasteiger charge is 2.63. The van der Waals surface area contributed by atoms with Crippen LogP contribution in [0.5, 0.6) is 5.75 Å². The number of rotatable bonds is 5. The number of aliphatic hydroxyl groups excluding tert-OH is 2. The zero-order valence-electron chi connectivity index (χ0n) is 21.1. The molecule has 0 bridgehead atoms. The lowest BCUT2D eigenvalue weighted by Crippen LogP contribution is -2.63. The Morgan fingerprint density at radius 1 is 1.22 bits per heavy atom. The first kappa shape index (κ1) is 26.2. The normalized spacial score (nSPS) is 27.4. The number of primary amides is 1. The number of hydrogen-bond acceptors (Lipinski definition) is 11. The fourth-order valence-corrected chi connectivity index (χ4v) is 5.93. The second kappa shape index (κ2) is 8.89. The fraction of sp³-hybridized carbons (Fsp3) is 0.440. The van der Waals surface area contributed by atoms with Gasteiger partial charge in [-0.05, 0) is 44.5 Å². The molecule has 6 N–H and O–H groups in total. The van der Waals surface area contributed by atoms with Crippen molar-refractivity contribution >= 4 is 29.4 Å². The Hall–Kier alpha value is -3.90. The second-order valence-electron chi connectivity index (χ2n) is 9.96. The molecule has 4 atom stereocenters. The van der Waals surface area contributed by atoms with E-state index in [0.717, 1.165) is 0 Å². The van der Waals surface area contributed by atoms with E-state index in [2.05, 4.69) is 5.16 Å². The van der Waals surface area contributed by atoms with Gasteiger partial charge in [0.15, 0.2) is 11.4 Å². The number of phenolic OH excluding ortho intramolecular Hbond substituents is 1. The molecule has 0 fully saturated rings. The van der Waals surface area contributed by atoms with E-state index in [0.29, 0.717) is 11.3 Å². The van der Waals surface area contributed by atoms with E-state index in [9.17, 15) is 34.8 Å². The van der Waals surface area contributed by atoms with Crippen LogP contribution in [0.4, 0.5) is 5.69 Å². The molecule has 0 spiro atoms. The number of Topliss-reactive ketones (excluding diaryl/α,β-unsaturated/α-hetero) is 2. The molecule has 4 rings (SSSR count). The maximum Gasteiger partial charge on any atom is 0.255 e. The first-order valence-corrected chi connectivity index (χ1v) is 11.6. The van der Waals surface area contributed by atoms with Crippen LogP contribution in [0.3, 0.4) is 0 Å². The van der Waals surface area contributed by atoms with E-state index in [4.69, 9.17) is 10.6 Å². The van der Waals surface area contributed by atoms with Crippen LogP contribution in [0.2, 0.25) is 0 Å². The molecule has 198 valence electrons. The number of hydrogen-bond donors (Lipinski definition) is 5. The van der Waals surface area contributed by atoms with Gasteiger partial charge in [0.05, 0.1) is 17.8 Å². The summed E-state index contributed by atoms with van der Waals surface area (Å²) in [5, 5.41) is 48.5. The molecule has 0 radical (unpaired) electrons. The third kappa shape index (κ3) is 3.58. The number of aromatic hydroxyl groups is 1. The summed E-state index contributed by atoms with van der Waals surface area (Å²) < 4.78 is 0. The Morgan fingerprint density at radius 3 is 2.41 bits per heavy atom. The summed E-state index contributed by atoms with van der Waals surface area (Å²) in [6.07, 6.45) is 1.45. The predicted molar refractivity (Wildman–Crippen MR) is 133 cm³/mol. The van der Waals surface area contributed by atoms with E-state index >= 15 is 0 Å². The third-order valence-corrected chi connectivity index (χ3v) is 7.51. The summed E-state index contributed by atoms with van der Waals surface area (Å²) in [5.74, 6) is -6.95. The van der Waals surface area contributed by atoms with Crippen LogP contribution in [0.15, 0.2) is 33.9 Å². The molecule has 0 saturated carbocycles. The standard InChI is InChI=1S/C25H30N4O8/c1-28(2)14-8-11(9-27-37-5)19(30)16-12(14)6-10-7-13-18(29(3)4)21(32)17(24(26)35)23(34)25(13,36)22(33)15(10)20(16)31/h8-10,13,18,30,32-33,36H,6-7H2,1-5H3,(H2,26,35)/b27-9+/t10-,13-,18-,25-/m0/s1. The van der Waals surface area contributed by atoms with Gasteiger partial charge in [0, 0.05) is 36.8 Å². The Morgan fingerprint density at radius 2 is 1.86 bits per heavy atom. The zero-order valence-corrected chi connectivity index (χ0v) is 21.1. The number of carbonyl (C=O) groups is 3. The highest BCUT2D eigenvalue weighted by atomic mass is 16.6. The lowest BCUT2D eigenvalue weighted by molar-refractivity contribution is -0.148. The van der Waals surface area contributed by atoms with Gasteiger partial charge in [0.1, 0.15) is 30.0 Å². The first-order chi connectivity index (χ1) is 17.3. The number of nitrogens with two attached hydrogens (primary N) is 1. The van der Waals surface area contributed by atoms with Gasteiger partial charge in [0.25, 0.3) is 5.91 Å². The number of ketones is 2. The van der Waals surface area contributed by atoms with Crippen molar-refractivity contribution in [3.8, 4) is 5.75 Å². The number of nitrogens with zero attached hydrogens (tertiary/aromatic N) is 3. The average Bonchev–Trinajstić information content (AvgIpc) is 2.80. The number of oxime groups is 1. The van der Waals surface area contributed by atoms with E-state index in [-0.39, 0.29) is 29.5 Å². The van der Waals surface area contributed by atoms with E-state index in [1.54, 1.807) is 39.2 Å². The lowest BCUT2D eigenvalue weighted by atomic mass is 9.58. The van der Waals surface area contributed by atoms with Crippen LogP contribution in [0.25, 0.3) is 0 Å². The largest absolute Gasteiger partial charge is 0.510 e. The van der Waals surface area contributed by atoms with Crippen molar-refractivity contribution in [2.24, 2.45) is 22.7 Å². The van der Waals surface area contributed by atoms with Crippen LogP contribution < -0.4 is 10.6 Å². The van der Waals surface area contributed by atoms with Crippen LogP contribution in [-0.4, -0.2) is 96.0 Å². The molecular weight excluding hydrogens is 484 g/mol. The lowest BCUT2D eigenvalue weighted by Gasteiger charge is -2.50. The number of aliphatic hydroxyl groups is 3. The van der Waals surface area contributed by atoms with Crippen molar-refractivity contribution in [2.75, 3.05) is 40.2 Å². The molecule has 0 saturated heterocycles. The molecule has 0 unspecified atom stereocenters. The van der Waals surface area contributed by atoms with E-state index < -0.39 is 63.8 Å². The monoisotopic (exact) mass is 514 g/mol. The minimum Gasteiger partial charge on any atom is -0.510 e. The molecule has 12 nitrogen and oxygen atoms in total. The molecule has 1 aromatic carbocycles. The molecule has 0 heterocycles. The number of phenols is 1. The summed E-state index contributed by atoms with van der Waals surface area (Å²) in [5.41, 5.74) is 2.85. The van der Waals surface area contributed by atoms with Crippen molar-refractivity contribution in [3.63, 3.8) is 0 Å². The maximum atomic E-state index is 13.8. The van der Waals surface area contributed by atoms with Crippen molar-refractivity contribution in [1.82, 2.24) is 4.90 Å². The minimum atomic E-state index is -2.68. The highest BCUT2D eigenvalue weighted by Crippen LogP contribution is 2.53. The van der Waals surface area contributed by atoms with Gasteiger partial charge in [0.2, 0.25) is 5.78 Å². The second-order valence-corrected chi connectivity index (χ2v) is 9.96. The topological polar surface area (TPSA) is 186 Å². The molecule has 3 aliphatic rings. The van der Waals surface area contributed by atoms with Crippen LogP contribution >= 0.6 is 0 Å². The molecule has 0 aromatic heterocycles. The summed E-state index contributed by atoms with van der Waals surface area (Å²) in [6.45, 7) is 0. The van der Waals surface area contributed by atoms with Gasteiger partial charge < -0.3 is 35.9 Å². The first-order valence-electron chi connectivity index (χ1n) is 11.6. The van der Waals surface area contributed by atoms with Crippen LogP contribution in [-0.2, 0) is 20.8 Å². The SMILES string of the molecule is CO/N=C/c1cc(N(C)C)c2c(c1O)C(=O)C1=C(O)[C@]3(O)C(=O)C(C(N)=O)=C(O)[C@@H](N(C)C)[C@@H]3C[C@@H]1C2. The Bertz CT molecular complexity index is 1310. The Labute approximate surface area is 212 Å². The average molecular weight is 515 g/mol. The number of likely N-dealkylation sites (N-methyl/N-ethyl adjacent to an activating group) is 1. The van der Waals surface area contributed by atoms with Crippen molar-refractivity contribution in [3.05, 3.63) is 45.4 Å². The molecular formula is C25H30N4O8. The van der Waals surface area contributed by atoms with Gasteiger partial charge in [-0.3, -0.25) is 19.3 Å². The number of anilines is 1. The summed E-state index contributed by atoms with van der Waals surface area (Å²) >= 11 is 0. The number of carbonyl (C=O) groups excluding carboxylic acids is 3. The summed E-state index contributed by atoms with van der Waals surface area (Å²) in [4.78, 5) is 47.2. The van der Waals surface area contributed by atoms with Gasteiger partial charge in [-0.25, -0.2) is 0 Å². The molecule has 1 aromatic rings. The van der Waals surface area contributed by atoms with Gasteiger partial charge >= 0.3 is 0 Å². The van der Waals surface area contributed by atoms with Crippen LogP contribution in [0, 0.1) is 11.8 Å². The predicted octanol–water partition coefficient (Wildman–Crippen LogP) is 0.167. The van der Waals surface area contributed by atoms with Crippen molar-refractivity contribution in [1.29, 1.82) is 0 Å². The molecule has 0 aliphatic heterocycles. The van der Waals surface area contributed by atoms with Crippen molar-refractivity contribution in [2.45, 2.75) is 24.5 Å². The number of fused-ring (bicyclic) bond motifs is 3. The number of benzene rings is 1. The van der Waals surface area contributed by atoms with E-state index in [1.807, 2.05) is 0 Å². The Kier molecular flexibility index (Phi) is 6.29. The summed E-state index contributed by atoms with van der Waals surface area (Å²) in [7, 11) is 8.03. The third-order valence-electron chi connectivity index (χ3n) is 7.51. The zero-order chi connectivity index (χ0) is 27.6. The molecule has 37 heavy (non-hydrogen) atoms. The number of amides is 1. The number of allylic oxidation sites excluding steroid dienone is 1. The molecule has 12 heteroatoms. The van der Waals surface area contributed by atoms with Gasteiger partial charge in [-0.1, -0.05) is 5.16 Å². The smallest absolute Gasteiger partial charge is 0.255 e. The minimum absolute atomic E-state index is 0.0201. The summed E-state index contributed by atoms with van der Waals surface area (Å²) in [6, 6.07) is 0.609. The van der Waals surface area contributed by atoms with Crippen molar-refractivity contribution < 1.29 is 39.6 Å².